The van der Waals surface area contributed by atoms with Crippen LogP contribution in [0, 0.1) is 11.3 Å². The fraction of sp³-hybridized carbons (Fsp3) is 0.290. The van der Waals surface area contributed by atoms with E-state index >= 15 is 0 Å². The third-order valence-electron chi connectivity index (χ3n) is 7.46. The SMILES string of the molecule is CC(=O)N(Cc1ccccc1)C1CCN(c2ccccc2)CC1N1C=CNC1Cc1ccc(C#N)cc1. The number of hydrogen-bond donors (Lipinski definition) is 1. The highest BCUT2D eigenvalue weighted by molar-refractivity contribution is 5.74. The van der Waals surface area contributed by atoms with Crippen molar-refractivity contribution in [3.63, 3.8) is 0 Å². The van der Waals surface area contributed by atoms with Crippen molar-refractivity contribution in [1.29, 1.82) is 5.26 Å². The summed E-state index contributed by atoms with van der Waals surface area (Å²) in [6.45, 7) is 4.02. The average molecular weight is 492 g/mol. The minimum Gasteiger partial charge on any atom is -0.370 e. The third-order valence-corrected chi connectivity index (χ3v) is 7.46. The van der Waals surface area contributed by atoms with Gasteiger partial charge in [-0.05, 0) is 41.8 Å². The number of anilines is 1. The first-order valence-electron chi connectivity index (χ1n) is 12.9. The largest absolute Gasteiger partial charge is 0.370 e. The van der Waals surface area contributed by atoms with Gasteiger partial charge in [-0.2, -0.15) is 5.26 Å². The van der Waals surface area contributed by atoms with E-state index in [4.69, 9.17) is 5.26 Å². The number of nitrogens with one attached hydrogen (secondary N) is 1. The summed E-state index contributed by atoms with van der Waals surface area (Å²) in [6, 6.07) is 31.0. The van der Waals surface area contributed by atoms with Gasteiger partial charge in [-0.3, -0.25) is 4.79 Å². The van der Waals surface area contributed by atoms with Gasteiger partial charge < -0.3 is 20.0 Å². The van der Waals surface area contributed by atoms with E-state index in [1.807, 2.05) is 54.7 Å². The van der Waals surface area contributed by atoms with Crippen LogP contribution in [0.15, 0.2) is 97.3 Å². The Morgan fingerprint density at radius 3 is 2.38 bits per heavy atom. The summed E-state index contributed by atoms with van der Waals surface area (Å²) in [5.74, 6) is 0.104. The van der Waals surface area contributed by atoms with E-state index in [0.29, 0.717) is 12.1 Å². The smallest absolute Gasteiger partial charge is 0.220 e. The molecule has 2 aliphatic rings. The van der Waals surface area contributed by atoms with E-state index in [1.54, 1.807) is 6.92 Å². The number of carbonyl (C=O) groups excluding carboxylic acids is 1. The lowest BCUT2D eigenvalue weighted by Gasteiger charge is -2.49. The van der Waals surface area contributed by atoms with Crippen molar-refractivity contribution in [2.45, 2.75) is 44.6 Å². The maximum atomic E-state index is 13.0. The Labute approximate surface area is 219 Å². The van der Waals surface area contributed by atoms with Gasteiger partial charge in [0.25, 0.3) is 0 Å². The molecule has 2 aliphatic heterocycles. The molecule has 0 radical (unpaired) electrons. The third kappa shape index (κ3) is 5.62. The molecule has 0 aromatic heterocycles. The van der Waals surface area contributed by atoms with Gasteiger partial charge in [0, 0.05) is 51.1 Å². The topological polar surface area (TPSA) is 62.6 Å². The predicted octanol–water partition coefficient (Wildman–Crippen LogP) is 4.50. The lowest BCUT2D eigenvalue weighted by molar-refractivity contribution is -0.134. The Kier molecular flexibility index (Phi) is 7.41. The first-order valence-corrected chi connectivity index (χ1v) is 12.9. The highest BCUT2D eigenvalue weighted by atomic mass is 16.2. The molecule has 1 N–H and O–H groups in total. The number of para-hydroxylation sites is 1. The molecule has 0 bridgehead atoms. The Morgan fingerprint density at radius 1 is 1.00 bits per heavy atom. The Hall–Kier alpha value is -4.24. The molecule has 3 aromatic carbocycles. The molecule has 37 heavy (non-hydrogen) atoms. The number of carbonyl (C=O) groups is 1. The summed E-state index contributed by atoms with van der Waals surface area (Å²) in [4.78, 5) is 19.9. The summed E-state index contributed by atoms with van der Waals surface area (Å²) in [6.07, 6.45) is 5.91. The number of hydrogen-bond acceptors (Lipinski definition) is 5. The van der Waals surface area contributed by atoms with Gasteiger partial charge in [0.15, 0.2) is 0 Å². The van der Waals surface area contributed by atoms with E-state index in [0.717, 1.165) is 31.5 Å². The van der Waals surface area contributed by atoms with E-state index in [9.17, 15) is 4.79 Å². The van der Waals surface area contributed by atoms with Gasteiger partial charge in [-0.15, -0.1) is 0 Å². The van der Waals surface area contributed by atoms with Crippen molar-refractivity contribution >= 4 is 11.6 Å². The zero-order valence-corrected chi connectivity index (χ0v) is 21.2. The molecule has 1 fully saturated rings. The first kappa shape index (κ1) is 24.5. The second-order valence-electron chi connectivity index (χ2n) is 9.80. The van der Waals surface area contributed by atoms with E-state index in [1.165, 1.54) is 11.3 Å². The molecule has 2 heterocycles. The van der Waals surface area contributed by atoms with Crippen molar-refractivity contribution in [1.82, 2.24) is 15.1 Å². The predicted molar refractivity (Wildman–Crippen MR) is 146 cm³/mol. The van der Waals surface area contributed by atoms with Crippen LogP contribution in [0.4, 0.5) is 5.69 Å². The minimum absolute atomic E-state index is 0.0710. The Bertz CT molecular complexity index is 1250. The fourth-order valence-electron chi connectivity index (χ4n) is 5.57. The molecule has 0 spiro atoms. The molecule has 6 heteroatoms. The molecule has 0 aliphatic carbocycles. The zero-order valence-electron chi connectivity index (χ0n) is 21.2. The maximum Gasteiger partial charge on any atom is 0.220 e. The van der Waals surface area contributed by atoms with Crippen LogP contribution in [0.1, 0.15) is 30.0 Å². The second kappa shape index (κ2) is 11.2. The first-order chi connectivity index (χ1) is 18.1. The van der Waals surface area contributed by atoms with Crippen molar-refractivity contribution < 1.29 is 4.79 Å². The molecule has 6 nitrogen and oxygen atoms in total. The molecular weight excluding hydrogens is 458 g/mol. The number of benzene rings is 3. The number of nitriles is 1. The Morgan fingerprint density at radius 2 is 1.70 bits per heavy atom. The van der Waals surface area contributed by atoms with Gasteiger partial charge in [-0.25, -0.2) is 0 Å². The molecule has 3 aromatic rings. The summed E-state index contributed by atoms with van der Waals surface area (Å²) < 4.78 is 0. The van der Waals surface area contributed by atoms with Gasteiger partial charge in [-0.1, -0.05) is 60.7 Å². The molecule has 1 amide bonds. The molecule has 3 atom stereocenters. The second-order valence-corrected chi connectivity index (χ2v) is 9.80. The molecule has 0 saturated carbocycles. The summed E-state index contributed by atoms with van der Waals surface area (Å²) in [5, 5.41) is 12.7. The number of nitrogens with zero attached hydrogens (tertiary/aromatic N) is 4. The van der Waals surface area contributed by atoms with Crippen LogP contribution in [0.25, 0.3) is 0 Å². The van der Waals surface area contributed by atoms with Crippen molar-refractivity contribution in [3.05, 3.63) is 114 Å². The summed E-state index contributed by atoms with van der Waals surface area (Å²) >= 11 is 0. The van der Waals surface area contributed by atoms with Crippen LogP contribution in [0.3, 0.4) is 0 Å². The highest BCUT2D eigenvalue weighted by Gasteiger charge is 2.40. The molecule has 3 unspecified atom stereocenters. The van der Waals surface area contributed by atoms with Crippen molar-refractivity contribution in [2.24, 2.45) is 0 Å². The highest BCUT2D eigenvalue weighted by Crippen LogP contribution is 2.30. The zero-order chi connectivity index (χ0) is 25.6. The van der Waals surface area contributed by atoms with E-state index < -0.39 is 0 Å². The Balaban J connectivity index is 1.43. The van der Waals surface area contributed by atoms with Crippen molar-refractivity contribution in [3.8, 4) is 6.07 Å². The molecular formula is C31H33N5O. The summed E-state index contributed by atoms with van der Waals surface area (Å²) in [5.41, 5.74) is 4.20. The fourth-order valence-corrected chi connectivity index (χ4v) is 5.57. The normalized spacial score (nSPS) is 20.8. The van der Waals surface area contributed by atoms with Crippen LogP contribution in [0.5, 0.6) is 0 Å². The van der Waals surface area contributed by atoms with Gasteiger partial charge in [0.1, 0.15) is 6.17 Å². The van der Waals surface area contributed by atoms with Crippen LogP contribution in [0.2, 0.25) is 0 Å². The minimum atomic E-state index is 0.0710. The molecule has 1 saturated heterocycles. The summed E-state index contributed by atoms with van der Waals surface area (Å²) in [7, 11) is 0. The van der Waals surface area contributed by atoms with E-state index in [-0.39, 0.29) is 24.2 Å². The van der Waals surface area contributed by atoms with Crippen molar-refractivity contribution in [2.75, 3.05) is 18.0 Å². The van der Waals surface area contributed by atoms with Crippen LogP contribution in [-0.4, -0.2) is 47.0 Å². The molecule has 188 valence electrons. The molecule has 5 rings (SSSR count). The van der Waals surface area contributed by atoms with Crippen LogP contribution in [-0.2, 0) is 17.8 Å². The van der Waals surface area contributed by atoms with Gasteiger partial charge >= 0.3 is 0 Å². The quantitative estimate of drug-likeness (QED) is 0.527. The number of piperidine rings is 1. The lowest BCUT2D eigenvalue weighted by atomic mass is 9.93. The number of amides is 1. The average Bonchev–Trinajstić information content (AvgIpc) is 3.40. The van der Waals surface area contributed by atoms with Crippen LogP contribution < -0.4 is 10.2 Å². The van der Waals surface area contributed by atoms with Gasteiger partial charge in [0.2, 0.25) is 5.91 Å². The van der Waals surface area contributed by atoms with Crippen LogP contribution >= 0.6 is 0 Å². The maximum absolute atomic E-state index is 13.0. The standard InChI is InChI=1S/C31H33N5O/c1-24(37)36(22-27-8-4-2-5-9-27)29-16-18-34(28-10-6-3-7-11-28)23-30(29)35-19-17-33-31(35)20-25-12-14-26(21-32)15-13-25/h2-15,17,19,29-31,33H,16,18,20,22-23H2,1H3. The lowest BCUT2D eigenvalue weighted by Crippen LogP contribution is -2.62. The monoisotopic (exact) mass is 491 g/mol. The number of rotatable bonds is 7. The van der Waals surface area contributed by atoms with Gasteiger partial charge in [0.05, 0.1) is 23.7 Å². The van der Waals surface area contributed by atoms with E-state index in [2.05, 4.69) is 68.7 Å².